The smallest absolute Gasteiger partial charge is 0.444 e. The fourth-order valence-corrected chi connectivity index (χ4v) is 0. The van der Waals surface area contributed by atoms with Crippen molar-refractivity contribution in [1.29, 1.82) is 0 Å². The van der Waals surface area contributed by atoms with Crippen LogP contribution in [-0.2, 0) is 17.1 Å². The summed E-state index contributed by atoms with van der Waals surface area (Å²) < 4.78 is 0. The van der Waals surface area contributed by atoms with Crippen LogP contribution in [0.1, 0.15) is 0 Å². The van der Waals surface area contributed by atoms with Crippen molar-refractivity contribution in [3.05, 3.63) is 10.1 Å². The first kappa shape index (κ1) is 9.07. The maximum Gasteiger partial charge on any atom is 2.00 e. The zero-order chi connectivity index (χ0) is 2.71. The van der Waals surface area contributed by atoms with Crippen molar-refractivity contribution in [2.24, 2.45) is 5.34 Å². The van der Waals surface area contributed by atoms with Crippen LogP contribution in [-0.4, -0.2) is 0 Å². The van der Waals surface area contributed by atoms with Gasteiger partial charge < -0.3 is 10.1 Å². The molecule has 0 aromatic carbocycles. The minimum absolute atomic E-state index is 0. The molecule has 0 radical (unpaired) electrons. The molecule has 0 aliphatic rings. The molecule has 0 aromatic rings. The molecular formula is FeNO2+. The van der Waals surface area contributed by atoms with Gasteiger partial charge in [-0.15, -0.1) is 5.34 Å². The van der Waals surface area contributed by atoms with Crippen LogP contribution in [0.4, 0.5) is 0 Å². The Balaban J connectivity index is 0. The quantitative estimate of drug-likeness (QED) is 0.250. The monoisotopic (exact) mass is 102 g/mol. The van der Waals surface area contributed by atoms with E-state index in [1.165, 1.54) is 0 Å². The standard InChI is InChI=1S/Fe.HNO2/c;2-1-3/h;(H,2,3)/q+2;/p-1. The molecule has 0 aliphatic carbocycles. The molecule has 0 bridgehead atoms. The fraction of sp³-hybridized carbons (Fsp3) is 0. The van der Waals surface area contributed by atoms with Crippen LogP contribution in [0.2, 0.25) is 0 Å². The van der Waals surface area contributed by atoms with E-state index in [4.69, 9.17) is 10.1 Å². The number of hydrogen-bond acceptors (Lipinski definition) is 3. The summed E-state index contributed by atoms with van der Waals surface area (Å²) in [4.78, 5) is 8.00. The second-order valence-electron chi connectivity index (χ2n) is 0.0745. The van der Waals surface area contributed by atoms with E-state index in [2.05, 4.69) is 0 Å². The Morgan fingerprint density at radius 3 is 1.75 bits per heavy atom. The van der Waals surface area contributed by atoms with Crippen LogP contribution in [0.25, 0.3) is 0 Å². The van der Waals surface area contributed by atoms with Crippen molar-refractivity contribution in [3.63, 3.8) is 0 Å². The van der Waals surface area contributed by atoms with Crippen LogP contribution in [0.3, 0.4) is 0 Å². The molecule has 0 unspecified atom stereocenters. The average Bonchev–Trinajstić information content (AvgIpc) is 0.918. The second kappa shape index (κ2) is 12.7. The summed E-state index contributed by atoms with van der Waals surface area (Å²) in [5.41, 5.74) is 0. The van der Waals surface area contributed by atoms with Gasteiger partial charge in [-0.25, -0.2) is 0 Å². The number of rotatable bonds is 0. The van der Waals surface area contributed by atoms with Gasteiger partial charge in [-0.2, -0.15) is 0 Å². The van der Waals surface area contributed by atoms with Crippen LogP contribution < -0.4 is 0 Å². The predicted molar refractivity (Wildman–Crippen MR) is 9.16 cm³/mol. The van der Waals surface area contributed by atoms with Gasteiger partial charge in [0.15, 0.2) is 0 Å². The van der Waals surface area contributed by atoms with E-state index in [1.807, 2.05) is 0 Å². The van der Waals surface area contributed by atoms with Crippen LogP contribution in [0.5, 0.6) is 0 Å². The Labute approximate surface area is 33.4 Å². The fourth-order valence-electron chi connectivity index (χ4n) is 0. The first-order valence-electron chi connectivity index (χ1n) is 0.365. The molecule has 4 heavy (non-hydrogen) atoms. The van der Waals surface area contributed by atoms with E-state index in [1.54, 1.807) is 0 Å². The Hall–Kier alpha value is -0.0805. The third kappa shape index (κ3) is 250. The summed E-state index contributed by atoms with van der Waals surface area (Å²) in [7, 11) is 0. The molecule has 0 amide bonds. The van der Waals surface area contributed by atoms with E-state index < -0.39 is 0 Å². The van der Waals surface area contributed by atoms with Crippen molar-refractivity contribution in [1.82, 2.24) is 0 Å². The van der Waals surface area contributed by atoms with Crippen molar-refractivity contribution in [2.45, 2.75) is 0 Å². The molecule has 0 fully saturated rings. The van der Waals surface area contributed by atoms with Crippen LogP contribution in [0, 0.1) is 10.1 Å². The Morgan fingerprint density at radius 2 is 1.75 bits per heavy atom. The van der Waals surface area contributed by atoms with E-state index in [0.29, 0.717) is 0 Å². The third-order valence-electron chi connectivity index (χ3n) is 0. The molecule has 0 saturated carbocycles. The van der Waals surface area contributed by atoms with Gasteiger partial charge in [0.05, 0.1) is 0 Å². The van der Waals surface area contributed by atoms with Gasteiger partial charge in [0.1, 0.15) is 0 Å². The maximum absolute atomic E-state index is 8.00. The summed E-state index contributed by atoms with van der Waals surface area (Å²) in [6, 6.07) is 0. The zero-order valence-corrected chi connectivity index (χ0v) is 2.72. The van der Waals surface area contributed by atoms with Gasteiger partial charge in [-0.1, -0.05) is 0 Å². The normalized spacial score (nSPS) is 3.00. The molecule has 0 aromatic heterocycles. The summed E-state index contributed by atoms with van der Waals surface area (Å²) in [5, 5.41) is 9.00. The molecule has 0 aliphatic heterocycles. The SMILES string of the molecule is O=N[O-].[Fe+2]. The molecule has 0 atom stereocenters. The molecule has 0 rings (SSSR count). The number of nitrogens with zero attached hydrogens (tertiary/aromatic N) is 1. The second-order valence-corrected chi connectivity index (χ2v) is 0.0745. The Morgan fingerprint density at radius 1 is 1.75 bits per heavy atom. The molecule has 3 nitrogen and oxygen atoms in total. The molecule has 0 saturated heterocycles. The van der Waals surface area contributed by atoms with Crippen molar-refractivity contribution in [3.8, 4) is 0 Å². The van der Waals surface area contributed by atoms with E-state index >= 15 is 0 Å². The van der Waals surface area contributed by atoms with Crippen molar-refractivity contribution >= 4 is 0 Å². The maximum atomic E-state index is 8.00. The van der Waals surface area contributed by atoms with Gasteiger partial charge in [-0.05, 0) is 0 Å². The van der Waals surface area contributed by atoms with Crippen LogP contribution >= 0.6 is 0 Å². The average molecular weight is 102 g/mol. The first-order valence-corrected chi connectivity index (χ1v) is 0.365. The number of hydrogen-bond donors (Lipinski definition) is 0. The molecule has 4 heteroatoms. The van der Waals surface area contributed by atoms with Crippen molar-refractivity contribution in [2.75, 3.05) is 0 Å². The molecular weight excluding hydrogens is 102 g/mol. The molecule has 0 spiro atoms. The van der Waals surface area contributed by atoms with Gasteiger partial charge >= 0.3 is 17.1 Å². The van der Waals surface area contributed by atoms with Crippen molar-refractivity contribution < 1.29 is 17.1 Å². The van der Waals surface area contributed by atoms with E-state index in [-0.39, 0.29) is 17.1 Å². The van der Waals surface area contributed by atoms with Gasteiger partial charge in [0.2, 0.25) is 0 Å². The van der Waals surface area contributed by atoms with E-state index in [9.17, 15) is 0 Å². The van der Waals surface area contributed by atoms with Gasteiger partial charge in [0.25, 0.3) is 0 Å². The minimum atomic E-state index is 0. The molecule has 0 heterocycles. The third-order valence-corrected chi connectivity index (χ3v) is 0. The minimum Gasteiger partial charge on any atom is -0.444 e. The summed E-state index contributed by atoms with van der Waals surface area (Å²) in [6.07, 6.45) is 0. The Kier molecular flexibility index (Phi) is 28.8. The molecule has 24 valence electrons. The predicted octanol–water partition coefficient (Wildman–Crippen LogP) is 0.248. The topological polar surface area (TPSA) is 52.5 Å². The van der Waals surface area contributed by atoms with Crippen LogP contribution in [0.15, 0.2) is 5.34 Å². The summed E-state index contributed by atoms with van der Waals surface area (Å²) >= 11 is 0. The summed E-state index contributed by atoms with van der Waals surface area (Å²) in [6.45, 7) is 0. The molecule has 0 N–H and O–H groups in total. The van der Waals surface area contributed by atoms with Gasteiger partial charge in [0, 0.05) is 0 Å². The van der Waals surface area contributed by atoms with Gasteiger partial charge in [-0.3, -0.25) is 0 Å². The Bertz CT molecular complexity index is 13.5. The largest absolute Gasteiger partial charge is 2.00 e. The summed E-state index contributed by atoms with van der Waals surface area (Å²) in [5.74, 6) is 0. The zero-order valence-electron chi connectivity index (χ0n) is 1.62. The first-order chi connectivity index (χ1) is 1.41. The van der Waals surface area contributed by atoms with E-state index in [0.717, 1.165) is 5.34 Å².